The lowest BCUT2D eigenvalue weighted by atomic mass is 10.0. The molecule has 0 spiro atoms. The summed E-state index contributed by atoms with van der Waals surface area (Å²) in [4.78, 5) is 13.6. The number of carbonyl (C=O) groups is 1. The Morgan fingerprint density at radius 3 is 2.47 bits per heavy atom. The molecule has 0 heterocycles. The highest BCUT2D eigenvalue weighted by atomic mass is 16.3. The summed E-state index contributed by atoms with van der Waals surface area (Å²) in [5.41, 5.74) is 0.483. The van der Waals surface area contributed by atoms with Gasteiger partial charge in [-0.2, -0.15) is 0 Å². The van der Waals surface area contributed by atoms with Crippen molar-refractivity contribution < 1.29 is 15.0 Å². The van der Waals surface area contributed by atoms with E-state index in [4.69, 9.17) is 0 Å². The Morgan fingerprint density at radius 2 is 2.00 bits per heavy atom. The monoisotopic (exact) mass is 237 g/mol. The van der Waals surface area contributed by atoms with Crippen LogP contribution in [0, 0.1) is 6.92 Å². The smallest absolute Gasteiger partial charge is 0.257 e. The average Bonchev–Trinajstić information content (AvgIpc) is 2.27. The standard InChI is InChI=1S/C13H19NO3/c1-9-5-6-10(11(16)7-9)12(17)14(4)13(2,3)8-15/h5-7,15-16H,8H2,1-4H3. The molecule has 0 bridgehead atoms. The number of phenolic OH excluding ortho intramolecular Hbond substituents is 1. The maximum absolute atomic E-state index is 12.1. The molecule has 0 fully saturated rings. The van der Waals surface area contributed by atoms with E-state index in [9.17, 15) is 15.0 Å². The summed E-state index contributed by atoms with van der Waals surface area (Å²) in [6.07, 6.45) is 0. The van der Waals surface area contributed by atoms with E-state index >= 15 is 0 Å². The largest absolute Gasteiger partial charge is 0.507 e. The van der Waals surface area contributed by atoms with Crippen LogP contribution in [0.25, 0.3) is 0 Å². The molecule has 0 aliphatic heterocycles. The summed E-state index contributed by atoms with van der Waals surface area (Å²) in [6.45, 7) is 5.23. The van der Waals surface area contributed by atoms with Gasteiger partial charge in [0.2, 0.25) is 0 Å². The van der Waals surface area contributed by atoms with Crippen LogP contribution in [-0.2, 0) is 0 Å². The molecule has 1 aromatic carbocycles. The molecule has 2 N–H and O–H groups in total. The number of benzene rings is 1. The van der Waals surface area contributed by atoms with E-state index in [1.54, 1.807) is 39.1 Å². The first-order valence-electron chi connectivity index (χ1n) is 5.48. The van der Waals surface area contributed by atoms with E-state index in [0.29, 0.717) is 0 Å². The van der Waals surface area contributed by atoms with Gasteiger partial charge >= 0.3 is 0 Å². The average molecular weight is 237 g/mol. The fourth-order valence-corrected chi connectivity index (χ4v) is 1.38. The number of carbonyl (C=O) groups excluding carboxylic acids is 1. The van der Waals surface area contributed by atoms with Gasteiger partial charge in [-0.25, -0.2) is 0 Å². The molecule has 0 aliphatic rings. The zero-order valence-electron chi connectivity index (χ0n) is 10.7. The minimum Gasteiger partial charge on any atom is -0.507 e. The molecule has 94 valence electrons. The molecular weight excluding hydrogens is 218 g/mol. The quantitative estimate of drug-likeness (QED) is 0.838. The van der Waals surface area contributed by atoms with Crippen LogP contribution >= 0.6 is 0 Å². The second kappa shape index (κ2) is 4.75. The minimum atomic E-state index is -0.658. The highest BCUT2D eigenvalue weighted by Crippen LogP contribution is 2.23. The number of rotatable bonds is 3. The Bertz CT molecular complexity index is 427. The number of likely N-dealkylation sites (N-methyl/N-ethyl adjacent to an activating group) is 1. The molecule has 4 nitrogen and oxygen atoms in total. The van der Waals surface area contributed by atoms with Crippen molar-refractivity contribution in [2.45, 2.75) is 26.3 Å². The summed E-state index contributed by atoms with van der Waals surface area (Å²) < 4.78 is 0. The molecule has 4 heteroatoms. The van der Waals surface area contributed by atoms with E-state index < -0.39 is 5.54 Å². The zero-order chi connectivity index (χ0) is 13.2. The fourth-order valence-electron chi connectivity index (χ4n) is 1.38. The fraction of sp³-hybridized carbons (Fsp3) is 0.462. The first-order chi connectivity index (χ1) is 7.79. The van der Waals surface area contributed by atoms with E-state index in [-0.39, 0.29) is 23.8 Å². The molecule has 1 aromatic rings. The van der Waals surface area contributed by atoms with Gasteiger partial charge in [-0.05, 0) is 38.5 Å². The molecular formula is C13H19NO3. The van der Waals surface area contributed by atoms with Crippen molar-refractivity contribution in [3.63, 3.8) is 0 Å². The van der Waals surface area contributed by atoms with E-state index in [0.717, 1.165) is 5.56 Å². The van der Waals surface area contributed by atoms with Crippen molar-refractivity contribution in [2.75, 3.05) is 13.7 Å². The molecule has 0 saturated carbocycles. The van der Waals surface area contributed by atoms with Crippen LogP contribution < -0.4 is 0 Å². The summed E-state index contributed by atoms with van der Waals surface area (Å²) in [7, 11) is 1.61. The molecule has 0 aromatic heterocycles. The first kappa shape index (κ1) is 13.5. The van der Waals surface area contributed by atoms with Crippen molar-refractivity contribution in [1.29, 1.82) is 0 Å². The Morgan fingerprint density at radius 1 is 1.41 bits per heavy atom. The van der Waals surface area contributed by atoms with Gasteiger partial charge in [-0.3, -0.25) is 4.79 Å². The van der Waals surface area contributed by atoms with Gasteiger partial charge in [0, 0.05) is 7.05 Å². The molecule has 0 saturated heterocycles. The van der Waals surface area contributed by atoms with Gasteiger partial charge in [0.05, 0.1) is 17.7 Å². The van der Waals surface area contributed by atoms with Crippen molar-refractivity contribution in [3.05, 3.63) is 29.3 Å². The third kappa shape index (κ3) is 2.77. The SMILES string of the molecule is Cc1ccc(C(=O)N(C)C(C)(C)CO)c(O)c1. The summed E-state index contributed by atoms with van der Waals surface area (Å²) >= 11 is 0. The maximum Gasteiger partial charge on any atom is 0.257 e. The number of aryl methyl sites for hydroxylation is 1. The van der Waals surface area contributed by atoms with Gasteiger partial charge in [-0.1, -0.05) is 6.07 Å². The number of hydrogen-bond donors (Lipinski definition) is 2. The number of aliphatic hydroxyl groups excluding tert-OH is 1. The topological polar surface area (TPSA) is 60.8 Å². The van der Waals surface area contributed by atoms with Crippen LogP contribution in [0.4, 0.5) is 0 Å². The molecule has 0 atom stereocenters. The van der Waals surface area contributed by atoms with Crippen LogP contribution in [0.2, 0.25) is 0 Å². The van der Waals surface area contributed by atoms with Gasteiger partial charge in [0.15, 0.2) is 0 Å². The highest BCUT2D eigenvalue weighted by Gasteiger charge is 2.28. The lowest BCUT2D eigenvalue weighted by molar-refractivity contribution is 0.0470. The molecule has 1 rings (SSSR count). The van der Waals surface area contributed by atoms with Crippen LogP contribution in [0.3, 0.4) is 0 Å². The normalized spacial score (nSPS) is 11.4. The number of aliphatic hydroxyl groups is 1. The van der Waals surface area contributed by atoms with Gasteiger partial charge in [-0.15, -0.1) is 0 Å². The van der Waals surface area contributed by atoms with Crippen LogP contribution in [0.15, 0.2) is 18.2 Å². The van der Waals surface area contributed by atoms with Gasteiger partial charge < -0.3 is 15.1 Å². The predicted octanol–water partition coefficient (Wildman–Crippen LogP) is 1.54. The van der Waals surface area contributed by atoms with E-state index in [2.05, 4.69) is 0 Å². The predicted molar refractivity (Wildman–Crippen MR) is 66.1 cm³/mol. The molecule has 0 aliphatic carbocycles. The summed E-state index contributed by atoms with van der Waals surface area (Å²) in [5.74, 6) is -0.336. The molecule has 0 unspecified atom stereocenters. The van der Waals surface area contributed by atoms with Gasteiger partial charge in [0.25, 0.3) is 5.91 Å². The number of phenols is 1. The van der Waals surface area contributed by atoms with Crippen molar-refractivity contribution in [2.24, 2.45) is 0 Å². The van der Waals surface area contributed by atoms with Crippen LogP contribution in [0.1, 0.15) is 29.8 Å². The summed E-state index contributed by atoms with van der Waals surface area (Å²) in [5, 5.41) is 19.0. The Balaban J connectivity index is 3.05. The minimum absolute atomic E-state index is 0.0319. The van der Waals surface area contributed by atoms with E-state index in [1.165, 1.54) is 4.90 Å². The van der Waals surface area contributed by atoms with Crippen molar-refractivity contribution >= 4 is 5.91 Å². The molecule has 1 amide bonds. The van der Waals surface area contributed by atoms with Crippen LogP contribution in [-0.4, -0.2) is 40.2 Å². The first-order valence-corrected chi connectivity index (χ1v) is 5.48. The molecule has 17 heavy (non-hydrogen) atoms. The number of amides is 1. The van der Waals surface area contributed by atoms with Gasteiger partial charge in [0.1, 0.15) is 5.75 Å². The third-order valence-corrected chi connectivity index (χ3v) is 2.98. The Labute approximate surface area is 101 Å². The number of nitrogens with zero attached hydrogens (tertiary/aromatic N) is 1. The number of aromatic hydroxyl groups is 1. The second-order valence-corrected chi connectivity index (χ2v) is 4.86. The molecule has 0 radical (unpaired) electrons. The van der Waals surface area contributed by atoms with Crippen molar-refractivity contribution in [3.8, 4) is 5.75 Å². The highest BCUT2D eigenvalue weighted by molar-refractivity contribution is 5.97. The van der Waals surface area contributed by atoms with Crippen LogP contribution in [0.5, 0.6) is 5.75 Å². The maximum atomic E-state index is 12.1. The lowest BCUT2D eigenvalue weighted by Crippen LogP contribution is -2.47. The Kier molecular flexibility index (Phi) is 3.78. The Hall–Kier alpha value is -1.55. The number of hydrogen-bond acceptors (Lipinski definition) is 3. The van der Waals surface area contributed by atoms with E-state index in [1.807, 2.05) is 6.92 Å². The van der Waals surface area contributed by atoms with Crippen molar-refractivity contribution in [1.82, 2.24) is 4.90 Å². The lowest BCUT2D eigenvalue weighted by Gasteiger charge is -2.34. The second-order valence-electron chi connectivity index (χ2n) is 4.86. The zero-order valence-corrected chi connectivity index (χ0v) is 10.7. The summed E-state index contributed by atoms with van der Waals surface area (Å²) in [6, 6.07) is 4.91. The third-order valence-electron chi connectivity index (χ3n) is 2.98.